The van der Waals surface area contributed by atoms with Crippen LogP contribution >= 0.6 is 0 Å². The molecule has 6 heteroatoms. The number of carbonyl (C=O) groups excluding carboxylic acids is 1. The molecule has 3 aromatic rings. The predicted molar refractivity (Wildman–Crippen MR) is 106 cm³/mol. The van der Waals surface area contributed by atoms with Crippen LogP contribution in [0.1, 0.15) is 43.3 Å². The van der Waals surface area contributed by atoms with E-state index in [0.717, 1.165) is 42.5 Å². The van der Waals surface area contributed by atoms with E-state index in [4.69, 9.17) is 9.26 Å². The van der Waals surface area contributed by atoms with E-state index in [0.29, 0.717) is 31.2 Å². The number of carbonyl (C=O) groups is 1. The van der Waals surface area contributed by atoms with Crippen molar-refractivity contribution in [1.29, 1.82) is 0 Å². The molecule has 0 radical (unpaired) electrons. The van der Waals surface area contributed by atoms with Gasteiger partial charge in [0.1, 0.15) is 5.75 Å². The standard InChI is InChI=1S/C22H25N3O3/c1-16-23-22(28-24-16)18-11-13-25(14-12-18)21(26)10-5-15-27-20-9-4-7-17-6-2-3-8-19(17)20/h2-4,6-9,18H,5,10-15H2,1H3. The number of amides is 1. The molecule has 1 aliphatic heterocycles. The zero-order chi connectivity index (χ0) is 19.3. The Kier molecular flexibility index (Phi) is 5.55. The van der Waals surface area contributed by atoms with Crippen molar-refractivity contribution in [2.45, 2.75) is 38.5 Å². The third-order valence-corrected chi connectivity index (χ3v) is 5.28. The summed E-state index contributed by atoms with van der Waals surface area (Å²) in [7, 11) is 0. The van der Waals surface area contributed by atoms with Gasteiger partial charge in [-0.2, -0.15) is 4.98 Å². The van der Waals surface area contributed by atoms with Crippen molar-refractivity contribution in [2.75, 3.05) is 19.7 Å². The van der Waals surface area contributed by atoms with Crippen molar-refractivity contribution in [2.24, 2.45) is 0 Å². The summed E-state index contributed by atoms with van der Waals surface area (Å²) in [5, 5.41) is 6.13. The van der Waals surface area contributed by atoms with E-state index in [-0.39, 0.29) is 11.8 Å². The third-order valence-electron chi connectivity index (χ3n) is 5.28. The number of piperidine rings is 1. The number of likely N-dealkylation sites (tertiary alicyclic amines) is 1. The first-order valence-electron chi connectivity index (χ1n) is 9.89. The summed E-state index contributed by atoms with van der Waals surface area (Å²) in [6.45, 7) is 3.85. The zero-order valence-corrected chi connectivity index (χ0v) is 16.1. The molecule has 1 aromatic heterocycles. The van der Waals surface area contributed by atoms with Crippen LogP contribution in [0.15, 0.2) is 47.0 Å². The molecular formula is C22H25N3O3. The predicted octanol–water partition coefficient (Wildman–Crippen LogP) is 4.10. The molecular weight excluding hydrogens is 354 g/mol. The van der Waals surface area contributed by atoms with Crippen LogP contribution in [0.25, 0.3) is 10.8 Å². The molecule has 0 bridgehead atoms. The lowest BCUT2D eigenvalue weighted by Gasteiger charge is -2.30. The molecule has 6 nitrogen and oxygen atoms in total. The summed E-state index contributed by atoms with van der Waals surface area (Å²) in [4.78, 5) is 18.7. The largest absolute Gasteiger partial charge is 0.493 e. The Bertz CT molecular complexity index is 940. The van der Waals surface area contributed by atoms with E-state index >= 15 is 0 Å². The van der Waals surface area contributed by atoms with Crippen molar-refractivity contribution in [3.63, 3.8) is 0 Å². The fourth-order valence-electron chi connectivity index (χ4n) is 3.74. The summed E-state index contributed by atoms with van der Waals surface area (Å²) in [5.41, 5.74) is 0. The molecule has 4 rings (SSSR count). The molecule has 2 heterocycles. The van der Waals surface area contributed by atoms with Crippen LogP contribution in [-0.2, 0) is 4.79 Å². The number of fused-ring (bicyclic) bond motifs is 1. The van der Waals surface area contributed by atoms with Gasteiger partial charge in [0.05, 0.1) is 6.61 Å². The van der Waals surface area contributed by atoms with Crippen LogP contribution in [0, 0.1) is 6.92 Å². The molecule has 0 spiro atoms. The average Bonchev–Trinajstić information content (AvgIpc) is 3.17. The third kappa shape index (κ3) is 4.16. The minimum absolute atomic E-state index is 0.196. The van der Waals surface area contributed by atoms with Crippen LogP contribution in [-0.4, -0.2) is 40.6 Å². The maximum Gasteiger partial charge on any atom is 0.229 e. The van der Waals surface area contributed by atoms with Gasteiger partial charge in [-0.1, -0.05) is 41.6 Å². The van der Waals surface area contributed by atoms with Gasteiger partial charge in [-0.3, -0.25) is 4.79 Å². The Morgan fingerprint density at radius 2 is 1.96 bits per heavy atom. The van der Waals surface area contributed by atoms with E-state index < -0.39 is 0 Å². The highest BCUT2D eigenvalue weighted by molar-refractivity contribution is 5.88. The van der Waals surface area contributed by atoms with Crippen LogP contribution in [0.5, 0.6) is 5.75 Å². The second kappa shape index (κ2) is 8.42. The van der Waals surface area contributed by atoms with Gasteiger partial charge in [0.2, 0.25) is 11.8 Å². The smallest absolute Gasteiger partial charge is 0.229 e. The van der Waals surface area contributed by atoms with E-state index in [2.05, 4.69) is 28.3 Å². The molecule has 1 aliphatic rings. The fourth-order valence-corrected chi connectivity index (χ4v) is 3.74. The summed E-state index contributed by atoms with van der Waals surface area (Å²) in [5.74, 6) is 2.70. The van der Waals surface area contributed by atoms with Crippen molar-refractivity contribution in [3.05, 3.63) is 54.2 Å². The number of aryl methyl sites for hydroxylation is 1. The van der Waals surface area contributed by atoms with Crippen molar-refractivity contribution >= 4 is 16.7 Å². The molecule has 0 unspecified atom stereocenters. The van der Waals surface area contributed by atoms with Gasteiger partial charge in [-0.25, -0.2) is 0 Å². The second-order valence-electron chi connectivity index (χ2n) is 7.26. The fraction of sp³-hybridized carbons (Fsp3) is 0.409. The summed E-state index contributed by atoms with van der Waals surface area (Å²) >= 11 is 0. The van der Waals surface area contributed by atoms with Gasteiger partial charge < -0.3 is 14.2 Å². The number of hydrogen-bond acceptors (Lipinski definition) is 5. The molecule has 0 saturated carbocycles. The number of rotatable bonds is 6. The topological polar surface area (TPSA) is 68.5 Å². The molecule has 2 aromatic carbocycles. The Balaban J connectivity index is 1.22. The van der Waals surface area contributed by atoms with Crippen molar-refractivity contribution in [1.82, 2.24) is 15.0 Å². The van der Waals surface area contributed by atoms with E-state index in [1.165, 1.54) is 0 Å². The van der Waals surface area contributed by atoms with Gasteiger partial charge in [0.15, 0.2) is 5.82 Å². The number of aromatic nitrogens is 2. The maximum absolute atomic E-state index is 12.5. The number of ether oxygens (including phenoxy) is 1. The zero-order valence-electron chi connectivity index (χ0n) is 16.1. The van der Waals surface area contributed by atoms with Gasteiger partial charge in [0.25, 0.3) is 0 Å². The van der Waals surface area contributed by atoms with Gasteiger partial charge >= 0.3 is 0 Å². The molecule has 28 heavy (non-hydrogen) atoms. The minimum Gasteiger partial charge on any atom is -0.493 e. The highest BCUT2D eigenvalue weighted by Crippen LogP contribution is 2.27. The Hall–Kier alpha value is -2.89. The maximum atomic E-state index is 12.5. The molecule has 0 aliphatic carbocycles. The van der Waals surface area contributed by atoms with Gasteiger partial charge in [-0.05, 0) is 37.6 Å². The Labute approximate surface area is 164 Å². The van der Waals surface area contributed by atoms with E-state index in [1.54, 1.807) is 0 Å². The van der Waals surface area contributed by atoms with E-state index in [1.807, 2.05) is 36.1 Å². The summed E-state index contributed by atoms with van der Waals surface area (Å²) in [6, 6.07) is 14.2. The average molecular weight is 379 g/mol. The quantitative estimate of drug-likeness (QED) is 0.603. The van der Waals surface area contributed by atoms with Crippen LogP contribution < -0.4 is 4.74 Å². The first-order valence-corrected chi connectivity index (χ1v) is 9.89. The molecule has 0 atom stereocenters. The number of hydrogen-bond donors (Lipinski definition) is 0. The molecule has 1 saturated heterocycles. The lowest BCUT2D eigenvalue weighted by atomic mass is 9.96. The summed E-state index contributed by atoms with van der Waals surface area (Å²) < 4.78 is 11.2. The second-order valence-corrected chi connectivity index (χ2v) is 7.26. The lowest BCUT2D eigenvalue weighted by Crippen LogP contribution is -2.38. The van der Waals surface area contributed by atoms with Crippen LogP contribution in [0.4, 0.5) is 0 Å². The minimum atomic E-state index is 0.196. The molecule has 146 valence electrons. The lowest BCUT2D eigenvalue weighted by molar-refractivity contribution is -0.132. The van der Waals surface area contributed by atoms with E-state index in [9.17, 15) is 4.79 Å². The van der Waals surface area contributed by atoms with Gasteiger partial charge in [0, 0.05) is 30.8 Å². The van der Waals surface area contributed by atoms with Crippen LogP contribution in [0.3, 0.4) is 0 Å². The Morgan fingerprint density at radius 1 is 1.18 bits per heavy atom. The first-order chi connectivity index (χ1) is 13.7. The first kappa shape index (κ1) is 18.5. The van der Waals surface area contributed by atoms with Crippen molar-refractivity contribution in [3.8, 4) is 5.75 Å². The Morgan fingerprint density at radius 3 is 2.75 bits per heavy atom. The highest BCUT2D eigenvalue weighted by Gasteiger charge is 2.26. The van der Waals surface area contributed by atoms with Crippen molar-refractivity contribution < 1.29 is 14.1 Å². The number of benzene rings is 2. The molecule has 0 N–H and O–H groups in total. The normalized spacial score (nSPS) is 15.1. The highest BCUT2D eigenvalue weighted by atomic mass is 16.5. The monoisotopic (exact) mass is 379 g/mol. The SMILES string of the molecule is Cc1noc(C2CCN(C(=O)CCCOc3cccc4ccccc34)CC2)n1. The molecule has 1 amide bonds. The summed E-state index contributed by atoms with van der Waals surface area (Å²) in [6.07, 6.45) is 2.97. The van der Waals surface area contributed by atoms with Gasteiger partial charge in [-0.15, -0.1) is 0 Å². The number of nitrogens with zero attached hydrogens (tertiary/aromatic N) is 3. The molecule has 1 fully saturated rings. The van der Waals surface area contributed by atoms with Crippen LogP contribution in [0.2, 0.25) is 0 Å².